The monoisotopic (exact) mass is 299 g/mol. The summed E-state index contributed by atoms with van der Waals surface area (Å²) in [5.74, 6) is -0.0252. The number of nitrogens with zero attached hydrogens (tertiary/aromatic N) is 2. The molecule has 1 aromatic carbocycles. The summed E-state index contributed by atoms with van der Waals surface area (Å²) in [6.07, 6.45) is 0.212. The highest BCUT2D eigenvalue weighted by Crippen LogP contribution is 2.27. The fraction of sp³-hybridized carbons (Fsp3) is 0.312. The molecule has 22 heavy (non-hydrogen) atoms. The summed E-state index contributed by atoms with van der Waals surface area (Å²) in [6.45, 7) is 3.89. The Kier molecular flexibility index (Phi) is 3.66. The first-order valence-corrected chi connectivity index (χ1v) is 7.15. The number of rotatable bonds is 3. The molecule has 3 rings (SSSR count). The van der Waals surface area contributed by atoms with Gasteiger partial charge in [0.25, 0.3) is 0 Å². The molecular weight excluding hydrogens is 282 g/mol. The van der Waals surface area contributed by atoms with E-state index >= 15 is 0 Å². The van der Waals surface area contributed by atoms with Gasteiger partial charge in [-0.25, -0.2) is 0 Å². The first-order chi connectivity index (χ1) is 10.6. The number of hydrogen-bond acceptors (Lipinski definition) is 4. The molecule has 0 spiro atoms. The minimum Gasteiger partial charge on any atom is -0.359 e. The third-order valence-electron chi connectivity index (χ3n) is 3.85. The zero-order valence-electron chi connectivity index (χ0n) is 12.5. The molecule has 1 aliphatic rings. The number of anilines is 2. The number of carbonyl (C=O) groups excluding carboxylic acids is 2. The number of para-hydroxylation sites is 1. The third kappa shape index (κ3) is 2.59. The summed E-state index contributed by atoms with van der Waals surface area (Å²) in [5, 5.41) is 6.63. The number of amides is 2. The zero-order chi connectivity index (χ0) is 15.7. The summed E-state index contributed by atoms with van der Waals surface area (Å²) in [5.41, 5.74) is 2.05. The molecule has 2 aromatic rings. The van der Waals surface area contributed by atoms with E-state index in [2.05, 4.69) is 10.5 Å². The van der Waals surface area contributed by atoms with Crippen LogP contribution in [0, 0.1) is 19.8 Å². The maximum atomic E-state index is 12.4. The largest absolute Gasteiger partial charge is 0.359 e. The van der Waals surface area contributed by atoms with E-state index in [1.54, 1.807) is 18.7 Å². The van der Waals surface area contributed by atoms with E-state index in [9.17, 15) is 9.59 Å². The molecule has 0 aliphatic carbocycles. The molecule has 1 atom stereocenters. The fourth-order valence-electron chi connectivity index (χ4n) is 2.63. The lowest BCUT2D eigenvalue weighted by atomic mass is 10.1. The standard InChI is InChI=1S/C16H17N3O3/c1-10-15(11(2)22-18-10)17-16(21)12-8-14(20)19(9-12)13-6-4-3-5-7-13/h3-7,12H,8-9H2,1-2H3,(H,17,21)/t12-/m1/s1. The number of benzene rings is 1. The SMILES string of the molecule is Cc1noc(C)c1NC(=O)[C@@H]1CC(=O)N(c2ccccc2)C1. The Hall–Kier alpha value is -2.63. The van der Waals surface area contributed by atoms with E-state index in [0.29, 0.717) is 23.7 Å². The van der Waals surface area contributed by atoms with Crippen LogP contribution >= 0.6 is 0 Å². The van der Waals surface area contributed by atoms with Gasteiger partial charge < -0.3 is 14.7 Å². The van der Waals surface area contributed by atoms with E-state index in [4.69, 9.17) is 4.52 Å². The van der Waals surface area contributed by atoms with Crippen LogP contribution in [0.3, 0.4) is 0 Å². The van der Waals surface area contributed by atoms with Crippen molar-refractivity contribution < 1.29 is 14.1 Å². The third-order valence-corrected chi connectivity index (χ3v) is 3.85. The average molecular weight is 299 g/mol. The second kappa shape index (κ2) is 5.63. The van der Waals surface area contributed by atoms with Crippen molar-refractivity contribution in [2.75, 3.05) is 16.8 Å². The smallest absolute Gasteiger partial charge is 0.229 e. The van der Waals surface area contributed by atoms with Crippen molar-refractivity contribution in [3.8, 4) is 0 Å². The van der Waals surface area contributed by atoms with Crippen LogP contribution in [0.2, 0.25) is 0 Å². The Labute approximate surface area is 128 Å². The molecule has 1 fully saturated rings. The van der Waals surface area contributed by atoms with Gasteiger partial charge in [-0.1, -0.05) is 23.4 Å². The van der Waals surface area contributed by atoms with Gasteiger partial charge in [-0.15, -0.1) is 0 Å². The number of nitrogens with one attached hydrogen (secondary N) is 1. The van der Waals surface area contributed by atoms with Crippen LogP contribution in [-0.2, 0) is 9.59 Å². The van der Waals surface area contributed by atoms with Crippen molar-refractivity contribution >= 4 is 23.2 Å². The van der Waals surface area contributed by atoms with Crippen molar-refractivity contribution in [3.05, 3.63) is 41.8 Å². The van der Waals surface area contributed by atoms with E-state index < -0.39 is 0 Å². The molecule has 0 bridgehead atoms. The maximum Gasteiger partial charge on any atom is 0.229 e. The Morgan fingerprint density at radius 2 is 2.05 bits per heavy atom. The van der Waals surface area contributed by atoms with Crippen LogP contribution in [0.25, 0.3) is 0 Å². The highest BCUT2D eigenvalue weighted by atomic mass is 16.5. The molecule has 114 valence electrons. The maximum absolute atomic E-state index is 12.4. The Balaban J connectivity index is 1.72. The quantitative estimate of drug-likeness (QED) is 0.943. The number of hydrogen-bond donors (Lipinski definition) is 1. The summed E-state index contributed by atoms with van der Waals surface area (Å²) >= 11 is 0. The van der Waals surface area contributed by atoms with Gasteiger partial charge in [0.1, 0.15) is 11.4 Å². The van der Waals surface area contributed by atoms with Gasteiger partial charge in [-0.2, -0.15) is 0 Å². The van der Waals surface area contributed by atoms with Crippen molar-refractivity contribution in [3.63, 3.8) is 0 Å². The second-order valence-electron chi connectivity index (χ2n) is 5.43. The summed E-state index contributed by atoms with van der Waals surface area (Å²) in [7, 11) is 0. The molecule has 0 saturated carbocycles. The normalized spacial score (nSPS) is 17.8. The van der Waals surface area contributed by atoms with Gasteiger partial charge >= 0.3 is 0 Å². The number of aromatic nitrogens is 1. The minimum atomic E-state index is -0.374. The van der Waals surface area contributed by atoms with E-state index in [1.165, 1.54) is 0 Å². The van der Waals surface area contributed by atoms with Gasteiger partial charge in [0.15, 0.2) is 5.76 Å². The van der Waals surface area contributed by atoms with Crippen molar-refractivity contribution in [1.82, 2.24) is 5.16 Å². The van der Waals surface area contributed by atoms with Gasteiger partial charge in [-0.05, 0) is 26.0 Å². The molecule has 0 unspecified atom stereocenters. The second-order valence-corrected chi connectivity index (χ2v) is 5.43. The first-order valence-electron chi connectivity index (χ1n) is 7.15. The van der Waals surface area contributed by atoms with E-state index in [0.717, 1.165) is 5.69 Å². The molecule has 1 saturated heterocycles. The Bertz CT molecular complexity index is 689. The van der Waals surface area contributed by atoms with Crippen LogP contribution in [-0.4, -0.2) is 23.5 Å². The molecule has 6 nitrogen and oxygen atoms in total. The van der Waals surface area contributed by atoms with E-state index in [-0.39, 0.29) is 24.2 Å². The number of aryl methyl sites for hydroxylation is 2. The molecule has 1 aliphatic heterocycles. The summed E-state index contributed by atoms with van der Waals surface area (Å²) < 4.78 is 5.03. The zero-order valence-corrected chi connectivity index (χ0v) is 12.5. The van der Waals surface area contributed by atoms with Crippen LogP contribution in [0.15, 0.2) is 34.9 Å². The lowest BCUT2D eigenvalue weighted by Gasteiger charge is -2.16. The van der Waals surface area contributed by atoms with Crippen molar-refractivity contribution in [2.45, 2.75) is 20.3 Å². The lowest BCUT2D eigenvalue weighted by Crippen LogP contribution is -2.28. The molecule has 2 heterocycles. The Morgan fingerprint density at radius 1 is 1.32 bits per heavy atom. The minimum absolute atomic E-state index is 0.0369. The summed E-state index contributed by atoms with van der Waals surface area (Å²) in [4.78, 5) is 26.2. The van der Waals surface area contributed by atoms with Crippen molar-refractivity contribution in [1.29, 1.82) is 0 Å². The van der Waals surface area contributed by atoms with Crippen LogP contribution in [0.1, 0.15) is 17.9 Å². The molecule has 2 amide bonds. The van der Waals surface area contributed by atoms with Gasteiger partial charge in [0.2, 0.25) is 11.8 Å². The molecule has 1 aromatic heterocycles. The van der Waals surface area contributed by atoms with Gasteiger partial charge in [-0.3, -0.25) is 9.59 Å². The van der Waals surface area contributed by atoms with Crippen molar-refractivity contribution in [2.24, 2.45) is 5.92 Å². The topological polar surface area (TPSA) is 75.4 Å². The molecular formula is C16H17N3O3. The predicted octanol–water partition coefficient (Wildman–Crippen LogP) is 2.28. The van der Waals surface area contributed by atoms with Crippen LogP contribution in [0.5, 0.6) is 0 Å². The highest BCUT2D eigenvalue weighted by Gasteiger charge is 2.35. The molecule has 1 N–H and O–H groups in total. The fourth-order valence-corrected chi connectivity index (χ4v) is 2.63. The van der Waals surface area contributed by atoms with Gasteiger partial charge in [0, 0.05) is 18.7 Å². The molecule has 0 radical (unpaired) electrons. The van der Waals surface area contributed by atoms with Crippen LogP contribution < -0.4 is 10.2 Å². The summed E-state index contributed by atoms with van der Waals surface area (Å²) in [6, 6.07) is 9.38. The Morgan fingerprint density at radius 3 is 2.68 bits per heavy atom. The first kappa shape index (κ1) is 14.3. The lowest BCUT2D eigenvalue weighted by molar-refractivity contribution is -0.122. The van der Waals surface area contributed by atoms with Crippen LogP contribution in [0.4, 0.5) is 11.4 Å². The van der Waals surface area contributed by atoms with Gasteiger partial charge in [0.05, 0.1) is 5.92 Å². The van der Waals surface area contributed by atoms with E-state index in [1.807, 2.05) is 30.3 Å². The molecule has 6 heteroatoms. The number of carbonyl (C=O) groups is 2. The predicted molar refractivity (Wildman–Crippen MR) is 81.5 cm³/mol. The average Bonchev–Trinajstić information content (AvgIpc) is 3.05. The highest BCUT2D eigenvalue weighted by molar-refractivity contribution is 6.03.